The van der Waals surface area contributed by atoms with Crippen LogP contribution in [0.1, 0.15) is 20.3 Å². The number of nitrogens with zero attached hydrogens (tertiary/aromatic N) is 2. The van der Waals surface area contributed by atoms with Gasteiger partial charge in [0.2, 0.25) is 5.91 Å². The van der Waals surface area contributed by atoms with Crippen LogP contribution in [-0.4, -0.2) is 43.0 Å². The van der Waals surface area contributed by atoms with Crippen molar-refractivity contribution in [3.05, 3.63) is 29.3 Å². The highest BCUT2D eigenvalue weighted by Crippen LogP contribution is 2.21. The fourth-order valence-electron chi connectivity index (χ4n) is 2.45. The van der Waals surface area contributed by atoms with E-state index in [4.69, 9.17) is 17.3 Å². The van der Waals surface area contributed by atoms with E-state index in [1.165, 1.54) is 0 Å². The van der Waals surface area contributed by atoms with Gasteiger partial charge in [0, 0.05) is 49.4 Å². The monoisotopic (exact) mass is 309 g/mol. The molecule has 1 amide bonds. The van der Waals surface area contributed by atoms with Crippen LogP contribution in [0.5, 0.6) is 0 Å². The molecule has 1 aliphatic heterocycles. The minimum absolute atomic E-state index is 0.0524. The normalized spacial score (nSPS) is 17.2. The third kappa shape index (κ3) is 4.35. The Morgan fingerprint density at radius 2 is 1.95 bits per heavy atom. The second-order valence-corrected chi connectivity index (χ2v) is 6.40. The quantitative estimate of drug-likeness (QED) is 0.929. The van der Waals surface area contributed by atoms with Crippen molar-refractivity contribution in [1.29, 1.82) is 0 Å². The predicted molar refractivity (Wildman–Crippen MR) is 87.7 cm³/mol. The average Bonchev–Trinajstić information content (AvgIpc) is 2.47. The molecule has 2 N–H and O–H groups in total. The molecule has 0 aromatic heterocycles. The van der Waals surface area contributed by atoms with E-state index >= 15 is 0 Å². The fourth-order valence-corrected chi connectivity index (χ4v) is 2.64. The zero-order chi connectivity index (χ0) is 15.4. The number of amides is 1. The second-order valence-electron chi connectivity index (χ2n) is 5.96. The lowest BCUT2D eigenvalue weighted by Crippen LogP contribution is -2.50. The van der Waals surface area contributed by atoms with Crippen LogP contribution in [0.3, 0.4) is 0 Å². The highest BCUT2D eigenvalue weighted by molar-refractivity contribution is 6.30. The topological polar surface area (TPSA) is 49.6 Å². The van der Waals surface area contributed by atoms with E-state index in [1.807, 2.05) is 23.1 Å². The zero-order valence-electron chi connectivity index (χ0n) is 12.8. The highest BCUT2D eigenvalue weighted by atomic mass is 35.5. The maximum absolute atomic E-state index is 12.2. The third-order valence-corrected chi connectivity index (χ3v) is 4.31. The first-order valence-corrected chi connectivity index (χ1v) is 7.89. The molecule has 1 saturated heterocycles. The van der Waals surface area contributed by atoms with Crippen molar-refractivity contribution < 1.29 is 4.79 Å². The molecule has 0 aliphatic carbocycles. The molecule has 1 aliphatic rings. The molecule has 0 radical (unpaired) electrons. The van der Waals surface area contributed by atoms with E-state index in [-0.39, 0.29) is 11.9 Å². The molecule has 1 atom stereocenters. The molecule has 2 rings (SSSR count). The van der Waals surface area contributed by atoms with E-state index in [2.05, 4.69) is 24.8 Å². The molecule has 1 heterocycles. The Balaban J connectivity index is 1.87. The summed E-state index contributed by atoms with van der Waals surface area (Å²) in [5.74, 6) is 0.503. The number of carbonyl (C=O) groups is 1. The molecule has 1 fully saturated rings. The molecule has 1 unspecified atom stereocenters. The molecule has 0 bridgehead atoms. The van der Waals surface area contributed by atoms with Crippen molar-refractivity contribution in [2.24, 2.45) is 11.7 Å². The van der Waals surface area contributed by atoms with Gasteiger partial charge in [-0.3, -0.25) is 4.79 Å². The molecular weight excluding hydrogens is 286 g/mol. The van der Waals surface area contributed by atoms with Crippen LogP contribution in [0.25, 0.3) is 0 Å². The number of rotatable bonds is 4. The summed E-state index contributed by atoms with van der Waals surface area (Å²) in [7, 11) is 0. The van der Waals surface area contributed by atoms with Gasteiger partial charge in [-0.25, -0.2) is 0 Å². The zero-order valence-corrected chi connectivity index (χ0v) is 13.5. The standard InChI is InChI=1S/C16H24ClN3O/c1-12(2)15(18)11-16(21)20-8-6-19(7-9-20)14-5-3-4-13(17)10-14/h3-5,10,12,15H,6-9,11,18H2,1-2H3. The molecule has 4 nitrogen and oxygen atoms in total. The smallest absolute Gasteiger partial charge is 0.224 e. The van der Waals surface area contributed by atoms with Crippen molar-refractivity contribution in [3.8, 4) is 0 Å². The Bertz CT molecular complexity index is 484. The summed E-state index contributed by atoms with van der Waals surface area (Å²) in [6.07, 6.45) is 0.439. The number of hydrogen-bond donors (Lipinski definition) is 1. The maximum Gasteiger partial charge on any atom is 0.224 e. The van der Waals surface area contributed by atoms with Gasteiger partial charge in [-0.1, -0.05) is 31.5 Å². The number of carbonyl (C=O) groups excluding carboxylic acids is 1. The van der Waals surface area contributed by atoms with Gasteiger partial charge in [-0.15, -0.1) is 0 Å². The number of nitrogens with two attached hydrogens (primary N) is 1. The lowest BCUT2D eigenvalue weighted by atomic mass is 10.0. The molecule has 1 aromatic carbocycles. The predicted octanol–water partition coefficient (Wildman–Crippen LogP) is 2.36. The van der Waals surface area contributed by atoms with Crippen molar-refractivity contribution in [2.45, 2.75) is 26.3 Å². The maximum atomic E-state index is 12.2. The van der Waals surface area contributed by atoms with Crippen LogP contribution in [0, 0.1) is 5.92 Å². The number of anilines is 1. The highest BCUT2D eigenvalue weighted by Gasteiger charge is 2.23. The Kier molecular flexibility index (Phi) is 5.48. The second kappa shape index (κ2) is 7.14. The van der Waals surface area contributed by atoms with E-state index in [9.17, 15) is 4.79 Å². The van der Waals surface area contributed by atoms with Crippen LogP contribution >= 0.6 is 11.6 Å². The Morgan fingerprint density at radius 1 is 1.29 bits per heavy atom. The van der Waals surface area contributed by atoms with Gasteiger partial charge in [-0.05, 0) is 24.1 Å². The van der Waals surface area contributed by atoms with Crippen LogP contribution in [0.15, 0.2) is 24.3 Å². The number of benzene rings is 1. The largest absolute Gasteiger partial charge is 0.368 e. The van der Waals surface area contributed by atoms with Gasteiger partial charge < -0.3 is 15.5 Å². The SMILES string of the molecule is CC(C)C(N)CC(=O)N1CCN(c2cccc(Cl)c2)CC1. The molecule has 0 spiro atoms. The summed E-state index contributed by atoms with van der Waals surface area (Å²) >= 11 is 6.02. The van der Waals surface area contributed by atoms with Gasteiger partial charge in [0.15, 0.2) is 0 Å². The van der Waals surface area contributed by atoms with Crippen molar-refractivity contribution >= 4 is 23.2 Å². The minimum atomic E-state index is -0.0524. The molecule has 5 heteroatoms. The summed E-state index contributed by atoms with van der Waals surface area (Å²) in [5.41, 5.74) is 7.11. The van der Waals surface area contributed by atoms with E-state index in [0.29, 0.717) is 12.3 Å². The van der Waals surface area contributed by atoms with Gasteiger partial charge in [-0.2, -0.15) is 0 Å². The first-order chi connectivity index (χ1) is 9.97. The van der Waals surface area contributed by atoms with Gasteiger partial charge in [0.05, 0.1) is 0 Å². The fraction of sp³-hybridized carbons (Fsp3) is 0.562. The van der Waals surface area contributed by atoms with Crippen LogP contribution < -0.4 is 10.6 Å². The molecule has 1 aromatic rings. The average molecular weight is 310 g/mol. The lowest BCUT2D eigenvalue weighted by Gasteiger charge is -2.36. The van der Waals surface area contributed by atoms with Crippen LogP contribution in [-0.2, 0) is 4.79 Å². The first kappa shape index (κ1) is 16.1. The van der Waals surface area contributed by atoms with Gasteiger partial charge in [0.1, 0.15) is 0 Å². The first-order valence-electron chi connectivity index (χ1n) is 7.51. The number of piperazine rings is 1. The summed E-state index contributed by atoms with van der Waals surface area (Å²) in [6.45, 7) is 7.27. The Morgan fingerprint density at radius 3 is 2.52 bits per heavy atom. The van der Waals surface area contributed by atoms with E-state index in [1.54, 1.807) is 0 Å². The summed E-state index contributed by atoms with van der Waals surface area (Å²) in [5, 5.41) is 0.744. The van der Waals surface area contributed by atoms with E-state index in [0.717, 1.165) is 36.9 Å². The number of hydrogen-bond acceptors (Lipinski definition) is 3. The van der Waals surface area contributed by atoms with Gasteiger partial charge in [0.25, 0.3) is 0 Å². The molecule has 21 heavy (non-hydrogen) atoms. The summed E-state index contributed by atoms with van der Waals surface area (Å²) in [6, 6.07) is 7.80. The molecule has 116 valence electrons. The minimum Gasteiger partial charge on any atom is -0.368 e. The molecule has 0 saturated carbocycles. The number of halogens is 1. The third-order valence-electron chi connectivity index (χ3n) is 4.07. The Hall–Kier alpha value is -1.26. The van der Waals surface area contributed by atoms with Gasteiger partial charge >= 0.3 is 0 Å². The van der Waals surface area contributed by atoms with Crippen LogP contribution in [0.4, 0.5) is 5.69 Å². The van der Waals surface area contributed by atoms with Crippen LogP contribution in [0.2, 0.25) is 5.02 Å². The Labute approximate surface area is 131 Å². The van der Waals surface area contributed by atoms with Crippen molar-refractivity contribution in [2.75, 3.05) is 31.1 Å². The van der Waals surface area contributed by atoms with Crippen molar-refractivity contribution in [3.63, 3.8) is 0 Å². The summed E-state index contributed by atoms with van der Waals surface area (Å²) in [4.78, 5) is 16.4. The molecular formula is C16H24ClN3O. The van der Waals surface area contributed by atoms with E-state index < -0.39 is 0 Å². The summed E-state index contributed by atoms with van der Waals surface area (Å²) < 4.78 is 0. The lowest BCUT2D eigenvalue weighted by molar-refractivity contribution is -0.132. The van der Waals surface area contributed by atoms with Crippen molar-refractivity contribution in [1.82, 2.24) is 4.90 Å².